The molecule has 0 spiro atoms. The van der Waals surface area contributed by atoms with Gasteiger partial charge in [-0.15, -0.1) is 6.58 Å². The van der Waals surface area contributed by atoms with E-state index in [1.165, 1.54) is 6.08 Å². The van der Waals surface area contributed by atoms with Crippen LogP contribution in [-0.2, 0) is 9.53 Å². The Labute approximate surface area is 156 Å². The number of aliphatic hydroxyl groups excluding tert-OH is 2. The van der Waals surface area contributed by atoms with Gasteiger partial charge in [-0.2, -0.15) is 0 Å². The summed E-state index contributed by atoms with van der Waals surface area (Å²) in [5.74, 6) is -1.39. The van der Waals surface area contributed by atoms with Crippen molar-refractivity contribution in [1.82, 2.24) is 0 Å². The highest BCUT2D eigenvalue weighted by Gasteiger charge is 2.30. The van der Waals surface area contributed by atoms with Crippen molar-refractivity contribution in [1.29, 1.82) is 0 Å². The van der Waals surface area contributed by atoms with Crippen molar-refractivity contribution in [2.75, 3.05) is 6.61 Å². The predicted molar refractivity (Wildman–Crippen MR) is 101 cm³/mol. The highest BCUT2D eigenvalue weighted by Crippen LogP contribution is 2.26. The van der Waals surface area contributed by atoms with E-state index in [9.17, 15) is 20.1 Å². The summed E-state index contributed by atoms with van der Waals surface area (Å²) in [6, 6.07) is 5.14. The molecule has 138 valence electrons. The van der Waals surface area contributed by atoms with Crippen LogP contribution in [0.15, 0.2) is 40.9 Å². The Hall–Kier alpha value is -1.63. The molecule has 0 amide bonds. The molecule has 0 radical (unpaired) electrons. The van der Waals surface area contributed by atoms with E-state index in [2.05, 4.69) is 22.5 Å². The number of phenolic OH excluding ortho intramolecular Hbond substituents is 1. The van der Waals surface area contributed by atoms with E-state index in [0.29, 0.717) is 18.4 Å². The first-order chi connectivity index (χ1) is 11.8. The predicted octanol–water partition coefficient (Wildman–Crippen LogP) is 3.43. The molecule has 3 atom stereocenters. The monoisotopic (exact) mass is 412 g/mol. The number of ether oxygens (including phenoxy) is 1. The molecule has 0 aliphatic rings. The van der Waals surface area contributed by atoms with E-state index < -0.39 is 24.1 Å². The number of halogens is 1. The first kappa shape index (κ1) is 21.4. The van der Waals surface area contributed by atoms with Crippen LogP contribution < -0.4 is 0 Å². The summed E-state index contributed by atoms with van der Waals surface area (Å²) in [6.07, 6.45) is 1.70. The van der Waals surface area contributed by atoms with Crippen molar-refractivity contribution in [2.24, 2.45) is 5.92 Å². The van der Waals surface area contributed by atoms with Gasteiger partial charge in [0.05, 0.1) is 12.7 Å². The van der Waals surface area contributed by atoms with Gasteiger partial charge in [0.2, 0.25) is 0 Å². The number of hydrogen-bond donors (Lipinski definition) is 3. The maximum absolute atomic E-state index is 11.6. The number of allylic oxidation sites excluding steroid dienone is 1. The van der Waals surface area contributed by atoms with Crippen LogP contribution in [0.3, 0.4) is 0 Å². The lowest BCUT2D eigenvalue weighted by atomic mass is 9.91. The summed E-state index contributed by atoms with van der Waals surface area (Å²) in [5.41, 5.74) is 1.62. The normalized spacial score (nSPS) is 15.3. The number of aromatic hydroxyl groups is 1. The minimum Gasteiger partial charge on any atom is -0.507 e. The fraction of sp³-hybridized carbons (Fsp3) is 0.421. The number of esters is 1. The molecule has 1 aromatic rings. The smallest absolute Gasteiger partial charge is 0.335 e. The standard InChI is InChI=1S/C19H25BrO5/c1-4-15(18(23)19(24)25-5-2)17(22)8-6-12(3)10-13-11-14(20)7-9-16(13)21/h4,7,9-11,15,17-18,21-23H,1,5-6,8H2,2-3H3/b12-10+/t15-,17-,18+/m1/s1. The number of hydrogen-bond acceptors (Lipinski definition) is 5. The van der Waals surface area contributed by atoms with Gasteiger partial charge in [-0.3, -0.25) is 0 Å². The summed E-state index contributed by atoms with van der Waals surface area (Å²) < 4.78 is 5.63. The first-order valence-corrected chi connectivity index (χ1v) is 8.90. The Balaban J connectivity index is 2.71. The van der Waals surface area contributed by atoms with Crippen molar-refractivity contribution in [3.05, 3.63) is 46.5 Å². The topological polar surface area (TPSA) is 87.0 Å². The van der Waals surface area contributed by atoms with Crippen molar-refractivity contribution in [3.63, 3.8) is 0 Å². The summed E-state index contributed by atoms with van der Waals surface area (Å²) in [7, 11) is 0. The molecular weight excluding hydrogens is 388 g/mol. The van der Waals surface area contributed by atoms with Crippen molar-refractivity contribution < 1.29 is 24.9 Å². The minimum absolute atomic E-state index is 0.161. The maximum Gasteiger partial charge on any atom is 0.335 e. The molecule has 1 aromatic carbocycles. The number of carbonyl (C=O) groups excluding carboxylic acids is 1. The van der Waals surface area contributed by atoms with E-state index in [0.717, 1.165) is 10.0 Å². The second-order valence-corrected chi connectivity index (χ2v) is 6.73. The number of rotatable bonds is 9. The van der Waals surface area contributed by atoms with Crippen LogP contribution in [0, 0.1) is 5.92 Å². The third kappa shape index (κ3) is 6.65. The van der Waals surface area contributed by atoms with Gasteiger partial charge in [-0.1, -0.05) is 33.7 Å². The Morgan fingerprint density at radius 1 is 1.40 bits per heavy atom. The number of aliphatic hydroxyl groups is 2. The quantitative estimate of drug-likeness (QED) is 0.427. The van der Waals surface area contributed by atoms with E-state index >= 15 is 0 Å². The second kappa shape index (κ2) is 10.4. The van der Waals surface area contributed by atoms with Crippen LogP contribution in [0.25, 0.3) is 6.08 Å². The highest BCUT2D eigenvalue weighted by atomic mass is 79.9. The van der Waals surface area contributed by atoms with E-state index in [1.807, 2.05) is 13.0 Å². The molecule has 0 saturated heterocycles. The Morgan fingerprint density at radius 2 is 2.08 bits per heavy atom. The minimum atomic E-state index is -1.44. The van der Waals surface area contributed by atoms with Gasteiger partial charge < -0.3 is 20.1 Å². The third-order valence-corrected chi connectivity index (χ3v) is 4.33. The molecule has 0 aliphatic heterocycles. The lowest BCUT2D eigenvalue weighted by Crippen LogP contribution is -2.37. The summed E-state index contributed by atoms with van der Waals surface area (Å²) in [4.78, 5) is 11.6. The van der Waals surface area contributed by atoms with Gasteiger partial charge in [0.1, 0.15) is 5.75 Å². The molecule has 1 rings (SSSR count). The lowest BCUT2D eigenvalue weighted by Gasteiger charge is -2.23. The number of carbonyl (C=O) groups is 1. The molecule has 0 heterocycles. The lowest BCUT2D eigenvalue weighted by molar-refractivity contribution is -0.157. The fourth-order valence-corrected chi connectivity index (χ4v) is 2.81. The van der Waals surface area contributed by atoms with Crippen LogP contribution in [0.1, 0.15) is 32.3 Å². The van der Waals surface area contributed by atoms with Crippen molar-refractivity contribution >= 4 is 28.0 Å². The van der Waals surface area contributed by atoms with E-state index in [4.69, 9.17) is 4.74 Å². The van der Waals surface area contributed by atoms with Gasteiger partial charge in [0, 0.05) is 16.0 Å². The molecule has 0 fully saturated rings. The number of phenols is 1. The molecule has 5 nitrogen and oxygen atoms in total. The van der Waals surface area contributed by atoms with Crippen molar-refractivity contribution in [3.8, 4) is 5.75 Å². The van der Waals surface area contributed by atoms with Gasteiger partial charge in [-0.05, 0) is 44.9 Å². The highest BCUT2D eigenvalue weighted by molar-refractivity contribution is 9.10. The van der Waals surface area contributed by atoms with Crippen LogP contribution in [0.5, 0.6) is 5.75 Å². The van der Waals surface area contributed by atoms with Crippen LogP contribution in [0.2, 0.25) is 0 Å². The maximum atomic E-state index is 11.6. The SMILES string of the molecule is C=C[C@H]([C@H](O)CC/C(C)=C/c1cc(Br)ccc1O)[C@H](O)C(=O)OCC. The Kier molecular flexibility index (Phi) is 8.89. The summed E-state index contributed by atoms with van der Waals surface area (Å²) in [6.45, 7) is 7.28. The van der Waals surface area contributed by atoms with Crippen molar-refractivity contribution in [2.45, 2.75) is 38.9 Å². The molecule has 0 unspecified atom stereocenters. The molecule has 6 heteroatoms. The third-order valence-electron chi connectivity index (χ3n) is 3.84. The fourth-order valence-electron chi connectivity index (χ4n) is 2.43. The number of benzene rings is 1. The molecule has 0 aromatic heterocycles. The Morgan fingerprint density at radius 3 is 2.68 bits per heavy atom. The zero-order valence-electron chi connectivity index (χ0n) is 14.5. The molecule has 25 heavy (non-hydrogen) atoms. The summed E-state index contributed by atoms with van der Waals surface area (Å²) in [5, 5.41) is 30.1. The molecular formula is C19H25BrO5. The molecule has 0 bridgehead atoms. The molecule has 0 saturated carbocycles. The van der Waals surface area contributed by atoms with Gasteiger partial charge >= 0.3 is 5.97 Å². The Bertz CT molecular complexity index is 626. The van der Waals surface area contributed by atoms with Crippen LogP contribution in [0.4, 0.5) is 0 Å². The average Bonchev–Trinajstić information content (AvgIpc) is 2.57. The zero-order valence-corrected chi connectivity index (χ0v) is 16.1. The zero-order chi connectivity index (χ0) is 19.0. The largest absolute Gasteiger partial charge is 0.507 e. The van der Waals surface area contributed by atoms with Crippen LogP contribution in [-0.4, -0.2) is 40.1 Å². The van der Waals surface area contributed by atoms with Gasteiger partial charge in [-0.25, -0.2) is 4.79 Å². The second-order valence-electron chi connectivity index (χ2n) is 5.81. The molecule has 0 aliphatic carbocycles. The van der Waals surface area contributed by atoms with E-state index in [-0.39, 0.29) is 12.4 Å². The van der Waals surface area contributed by atoms with E-state index in [1.54, 1.807) is 25.1 Å². The molecule has 3 N–H and O–H groups in total. The van der Waals surface area contributed by atoms with Gasteiger partial charge in [0.25, 0.3) is 0 Å². The summed E-state index contributed by atoms with van der Waals surface area (Å²) >= 11 is 3.36. The average molecular weight is 413 g/mol. The van der Waals surface area contributed by atoms with Gasteiger partial charge in [0.15, 0.2) is 6.10 Å². The van der Waals surface area contributed by atoms with Crippen LogP contribution >= 0.6 is 15.9 Å². The first-order valence-electron chi connectivity index (χ1n) is 8.11.